The Morgan fingerprint density at radius 1 is 1.08 bits per heavy atom. The van der Waals surface area contributed by atoms with Crippen LogP contribution in [0.3, 0.4) is 0 Å². The predicted molar refractivity (Wildman–Crippen MR) is 149 cm³/mol. The lowest BCUT2D eigenvalue weighted by molar-refractivity contribution is -0.131. The number of carbonyl (C=O) groups excluding carboxylic acids is 2. The normalized spacial score (nSPS) is 14.1. The van der Waals surface area contributed by atoms with Gasteiger partial charge in [0.05, 0.1) is 12.8 Å². The van der Waals surface area contributed by atoms with Gasteiger partial charge in [-0.05, 0) is 40.5 Å². The maximum Gasteiger partial charge on any atom is 0.321 e. The lowest BCUT2D eigenvalue weighted by atomic mass is 10.2. The van der Waals surface area contributed by atoms with E-state index in [0.717, 1.165) is 53.9 Å². The number of urea groups is 1. The van der Waals surface area contributed by atoms with Crippen molar-refractivity contribution in [1.82, 2.24) is 14.7 Å². The fraction of sp³-hybridized carbons (Fsp3) is 0.429. The number of unbranched alkanes of at least 4 members (excludes halogenated alkanes) is 1. The molecule has 1 heterocycles. The largest absolute Gasteiger partial charge is 0.496 e. The van der Waals surface area contributed by atoms with Gasteiger partial charge in [0.15, 0.2) is 0 Å². The van der Waals surface area contributed by atoms with Crippen LogP contribution in [-0.4, -0.2) is 79.6 Å². The van der Waals surface area contributed by atoms with Crippen molar-refractivity contribution in [2.75, 3.05) is 58.2 Å². The van der Waals surface area contributed by atoms with Gasteiger partial charge in [-0.1, -0.05) is 55.8 Å². The van der Waals surface area contributed by atoms with Crippen LogP contribution in [0.5, 0.6) is 5.75 Å². The number of methoxy groups -OCH3 is 1. The van der Waals surface area contributed by atoms with Gasteiger partial charge in [-0.25, -0.2) is 4.79 Å². The van der Waals surface area contributed by atoms with Crippen molar-refractivity contribution in [3.8, 4) is 5.75 Å². The zero-order valence-electron chi connectivity index (χ0n) is 21.3. The summed E-state index contributed by atoms with van der Waals surface area (Å²) < 4.78 is 6.29. The third-order valence-electron chi connectivity index (χ3n) is 6.32. The number of hydrogen-bond donors (Lipinski definition) is 1. The number of piperazine rings is 1. The molecule has 8 heteroatoms. The number of para-hydroxylation sites is 2. The SMILES string of the molecule is CCCCC(=O)N(CC=Cc1ccccc1OC)CCN1CCN(C(=O)Nc2ccccc2Br)CC1. The summed E-state index contributed by atoms with van der Waals surface area (Å²) in [5.41, 5.74) is 1.77. The van der Waals surface area contributed by atoms with Crippen molar-refractivity contribution in [2.24, 2.45) is 0 Å². The fourth-order valence-corrected chi connectivity index (χ4v) is 4.49. The molecule has 0 bridgehead atoms. The second-order valence-electron chi connectivity index (χ2n) is 8.83. The molecule has 1 aliphatic rings. The first-order valence-electron chi connectivity index (χ1n) is 12.6. The van der Waals surface area contributed by atoms with Gasteiger partial charge in [-0.15, -0.1) is 0 Å². The van der Waals surface area contributed by atoms with Crippen LogP contribution in [0.2, 0.25) is 0 Å². The average Bonchev–Trinajstić information content (AvgIpc) is 2.91. The zero-order valence-corrected chi connectivity index (χ0v) is 22.9. The summed E-state index contributed by atoms with van der Waals surface area (Å²) in [6.45, 7) is 7.03. The molecule has 0 aliphatic carbocycles. The summed E-state index contributed by atoms with van der Waals surface area (Å²) in [4.78, 5) is 31.6. The Kier molecular flexibility index (Phi) is 11.3. The molecule has 0 radical (unpaired) electrons. The second-order valence-corrected chi connectivity index (χ2v) is 9.68. The first-order chi connectivity index (χ1) is 17.5. The van der Waals surface area contributed by atoms with E-state index in [4.69, 9.17) is 4.74 Å². The van der Waals surface area contributed by atoms with Crippen LogP contribution in [-0.2, 0) is 4.79 Å². The van der Waals surface area contributed by atoms with E-state index in [2.05, 4.69) is 33.1 Å². The molecule has 1 saturated heterocycles. The minimum absolute atomic E-state index is 0.0839. The number of halogens is 1. The number of rotatable bonds is 11. The van der Waals surface area contributed by atoms with E-state index in [1.165, 1.54) is 0 Å². The molecule has 2 aromatic carbocycles. The Morgan fingerprint density at radius 2 is 1.81 bits per heavy atom. The monoisotopic (exact) mass is 556 g/mol. The number of nitrogens with one attached hydrogen (secondary N) is 1. The lowest BCUT2D eigenvalue weighted by Crippen LogP contribution is -2.51. The smallest absolute Gasteiger partial charge is 0.321 e. The van der Waals surface area contributed by atoms with Crippen molar-refractivity contribution in [3.05, 3.63) is 64.6 Å². The maximum atomic E-state index is 12.9. The van der Waals surface area contributed by atoms with Gasteiger partial charge in [-0.3, -0.25) is 9.69 Å². The first-order valence-corrected chi connectivity index (χ1v) is 13.4. The summed E-state index contributed by atoms with van der Waals surface area (Å²) in [7, 11) is 1.66. The molecule has 0 atom stereocenters. The number of amides is 3. The molecular weight excluding hydrogens is 520 g/mol. The fourth-order valence-electron chi connectivity index (χ4n) is 4.11. The van der Waals surface area contributed by atoms with Gasteiger partial charge in [0.25, 0.3) is 0 Å². The van der Waals surface area contributed by atoms with Crippen molar-refractivity contribution < 1.29 is 14.3 Å². The van der Waals surface area contributed by atoms with Crippen LogP contribution >= 0.6 is 15.9 Å². The number of ether oxygens (including phenoxy) is 1. The molecule has 0 unspecified atom stereocenters. The molecule has 7 nitrogen and oxygen atoms in total. The molecule has 0 saturated carbocycles. The Bertz CT molecular complexity index is 1020. The molecule has 194 valence electrons. The Hall–Kier alpha value is -2.84. The van der Waals surface area contributed by atoms with Crippen LogP contribution in [0.15, 0.2) is 59.1 Å². The Labute approximate surface area is 223 Å². The second kappa shape index (κ2) is 14.7. The summed E-state index contributed by atoms with van der Waals surface area (Å²) in [5, 5.41) is 2.98. The van der Waals surface area contributed by atoms with Crippen LogP contribution in [0.4, 0.5) is 10.5 Å². The van der Waals surface area contributed by atoms with Gasteiger partial charge in [-0.2, -0.15) is 0 Å². The van der Waals surface area contributed by atoms with Crippen molar-refractivity contribution in [2.45, 2.75) is 26.2 Å². The van der Waals surface area contributed by atoms with E-state index < -0.39 is 0 Å². The molecule has 1 aliphatic heterocycles. The van der Waals surface area contributed by atoms with Crippen molar-refractivity contribution in [1.29, 1.82) is 0 Å². The van der Waals surface area contributed by atoms with Crippen LogP contribution in [0.25, 0.3) is 6.08 Å². The Morgan fingerprint density at radius 3 is 2.53 bits per heavy atom. The summed E-state index contributed by atoms with van der Waals surface area (Å²) in [5.74, 6) is 1.01. The number of nitrogens with zero attached hydrogens (tertiary/aromatic N) is 3. The minimum Gasteiger partial charge on any atom is -0.496 e. The predicted octanol–water partition coefficient (Wildman–Crippen LogP) is 5.34. The number of anilines is 1. The van der Waals surface area contributed by atoms with E-state index in [-0.39, 0.29) is 11.9 Å². The highest BCUT2D eigenvalue weighted by Crippen LogP contribution is 2.22. The number of benzene rings is 2. The topological polar surface area (TPSA) is 65.1 Å². The molecule has 0 spiro atoms. The van der Waals surface area contributed by atoms with Crippen LogP contribution in [0.1, 0.15) is 31.7 Å². The highest BCUT2D eigenvalue weighted by molar-refractivity contribution is 9.10. The third-order valence-corrected chi connectivity index (χ3v) is 7.01. The standard InChI is InChI=1S/C28H37BrN4O3/c1-3-4-15-27(34)32(16-9-11-23-10-5-8-14-26(23)36-2)20-17-31-18-21-33(22-19-31)28(35)30-25-13-7-6-12-24(25)29/h5-14H,3-4,15-22H2,1-2H3,(H,30,35). The van der Waals surface area contributed by atoms with Gasteiger partial charge in [0, 0.05) is 62.3 Å². The average molecular weight is 558 g/mol. The summed E-state index contributed by atoms with van der Waals surface area (Å²) in [6.07, 6.45) is 6.52. The molecule has 3 amide bonds. The highest BCUT2D eigenvalue weighted by atomic mass is 79.9. The van der Waals surface area contributed by atoms with Crippen LogP contribution in [0, 0.1) is 0 Å². The minimum atomic E-state index is -0.0839. The summed E-state index contributed by atoms with van der Waals surface area (Å²) >= 11 is 3.47. The van der Waals surface area contributed by atoms with Gasteiger partial charge < -0.3 is 19.9 Å². The van der Waals surface area contributed by atoms with Crippen molar-refractivity contribution in [3.63, 3.8) is 0 Å². The molecule has 3 rings (SSSR count). The van der Waals surface area contributed by atoms with E-state index in [1.54, 1.807) is 7.11 Å². The van der Waals surface area contributed by atoms with Gasteiger partial charge in [0.1, 0.15) is 5.75 Å². The number of carbonyl (C=O) groups is 2. The van der Waals surface area contributed by atoms with Gasteiger partial charge in [0.2, 0.25) is 5.91 Å². The van der Waals surface area contributed by atoms with E-state index in [9.17, 15) is 9.59 Å². The third kappa shape index (κ3) is 8.38. The molecule has 2 aromatic rings. The summed E-state index contributed by atoms with van der Waals surface area (Å²) in [6, 6.07) is 15.4. The van der Waals surface area contributed by atoms with Crippen LogP contribution < -0.4 is 10.1 Å². The van der Waals surface area contributed by atoms with Gasteiger partial charge >= 0.3 is 6.03 Å². The maximum absolute atomic E-state index is 12.9. The molecule has 36 heavy (non-hydrogen) atoms. The van der Waals surface area contributed by atoms with E-state index in [1.807, 2.05) is 70.5 Å². The van der Waals surface area contributed by atoms with E-state index in [0.29, 0.717) is 32.6 Å². The molecule has 1 N–H and O–H groups in total. The lowest BCUT2D eigenvalue weighted by Gasteiger charge is -2.35. The van der Waals surface area contributed by atoms with E-state index >= 15 is 0 Å². The molecular formula is C28H37BrN4O3. The highest BCUT2D eigenvalue weighted by Gasteiger charge is 2.22. The Balaban J connectivity index is 1.50. The van der Waals surface area contributed by atoms with Crippen molar-refractivity contribution >= 4 is 39.6 Å². The molecule has 1 fully saturated rings. The zero-order chi connectivity index (χ0) is 25.8. The first kappa shape index (κ1) is 27.7. The molecule has 0 aromatic heterocycles. The number of hydrogen-bond acceptors (Lipinski definition) is 4. The quantitative estimate of drug-likeness (QED) is 0.405.